The molecule has 0 aliphatic carbocycles. The number of carbonyl (C=O) groups is 2. The van der Waals surface area contributed by atoms with Gasteiger partial charge in [-0.05, 0) is 19.3 Å². The van der Waals surface area contributed by atoms with Crippen molar-refractivity contribution in [3.8, 4) is 0 Å². The van der Waals surface area contributed by atoms with Crippen molar-refractivity contribution < 1.29 is 14.7 Å². The van der Waals surface area contributed by atoms with Gasteiger partial charge in [-0.1, -0.05) is 18.6 Å². The van der Waals surface area contributed by atoms with E-state index in [0.29, 0.717) is 13.0 Å². The fraction of sp³-hybridized carbons (Fsp3) is 0.667. The lowest BCUT2D eigenvalue weighted by Gasteiger charge is -2.27. The van der Waals surface area contributed by atoms with E-state index in [1.807, 2.05) is 11.8 Å². The van der Waals surface area contributed by atoms with Crippen molar-refractivity contribution in [3.05, 3.63) is 11.6 Å². The average molecular weight is 225 g/mol. The van der Waals surface area contributed by atoms with Crippen molar-refractivity contribution in [2.45, 2.75) is 33.1 Å². The zero-order valence-corrected chi connectivity index (χ0v) is 9.90. The highest BCUT2D eigenvalue weighted by Gasteiger charge is 2.19. The van der Waals surface area contributed by atoms with E-state index in [2.05, 4.69) is 6.08 Å². The normalized spacial score (nSPS) is 17.9. The molecule has 0 fully saturated rings. The van der Waals surface area contributed by atoms with Gasteiger partial charge in [0.15, 0.2) is 0 Å². The Labute approximate surface area is 95.9 Å². The maximum absolute atomic E-state index is 11.8. The number of carbonyl (C=O) groups excluding carboxylic acids is 1. The highest BCUT2D eigenvalue weighted by Crippen LogP contribution is 2.14. The summed E-state index contributed by atoms with van der Waals surface area (Å²) in [5.41, 5.74) is 1.21. The second-order valence-corrected chi connectivity index (χ2v) is 4.56. The Kier molecular flexibility index (Phi) is 4.52. The summed E-state index contributed by atoms with van der Waals surface area (Å²) in [6, 6.07) is 0. The molecule has 0 saturated carbocycles. The van der Waals surface area contributed by atoms with Crippen LogP contribution in [0.1, 0.15) is 33.1 Å². The molecule has 0 radical (unpaired) electrons. The maximum Gasteiger partial charge on any atom is 0.303 e. The molecule has 0 aromatic heterocycles. The molecule has 16 heavy (non-hydrogen) atoms. The Morgan fingerprint density at radius 1 is 1.50 bits per heavy atom. The van der Waals surface area contributed by atoms with E-state index in [1.54, 1.807) is 6.92 Å². The Hall–Kier alpha value is -1.32. The Morgan fingerprint density at radius 2 is 2.19 bits per heavy atom. The SMILES string of the molecule is CC1=CCCN(C(=O)CC(C)CC(=O)O)C1. The Balaban J connectivity index is 2.40. The molecule has 1 amide bonds. The third-order valence-corrected chi connectivity index (χ3v) is 2.73. The van der Waals surface area contributed by atoms with Crippen molar-refractivity contribution in [3.63, 3.8) is 0 Å². The molecular weight excluding hydrogens is 206 g/mol. The molecule has 1 atom stereocenters. The molecule has 90 valence electrons. The van der Waals surface area contributed by atoms with Crippen LogP contribution in [0.5, 0.6) is 0 Å². The number of carboxylic acid groups (broad SMARTS) is 1. The average Bonchev–Trinajstić information content (AvgIpc) is 2.16. The first-order chi connectivity index (χ1) is 7.49. The molecule has 0 aromatic carbocycles. The molecule has 1 N–H and O–H groups in total. The van der Waals surface area contributed by atoms with Gasteiger partial charge in [0.25, 0.3) is 0 Å². The topological polar surface area (TPSA) is 57.6 Å². The van der Waals surface area contributed by atoms with Gasteiger partial charge in [0.1, 0.15) is 0 Å². The van der Waals surface area contributed by atoms with Crippen LogP contribution in [0.25, 0.3) is 0 Å². The summed E-state index contributed by atoms with van der Waals surface area (Å²) in [4.78, 5) is 24.1. The molecule has 1 rings (SSSR count). The van der Waals surface area contributed by atoms with Crippen LogP contribution in [-0.4, -0.2) is 35.0 Å². The van der Waals surface area contributed by atoms with Gasteiger partial charge in [-0.15, -0.1) is 0 Å². The van der Waals surface area contributed by atoms with Gasteiger partial charge in [-0.25, -0.2) is 0 Å². The van der Waals surface area contributed by atoms with E-state index in [-0.39, 0.29) is 18.2 Å². The number of rotatable bonds is 4. The number of nitrogens with zero attached hydrogens (tertiary/aromatic N) is 1. The maximum atomic E-state index is 11.8. The van der Waals surface area contributed by atoms with Gasteiger partial charge in [0.2, 0.25) is 5.91 Å². The van der Waals surface area contributed by atoms with Gasteiger partial charge in [-0.2, -0.15) is 0 Å². The molecule has 0 spiro atoms. The van der Waals surface area contributed by atoms with Crippen molar-refractivity contribution in [1.82, 2.24) is 4.90 Å². The number of amides is 1. The third kappa shape index (κ3) is 4.04. The van der Waals surface area contributed by atoms with Crippen LogP contribution in [0.15, 0.2) is 11.6 Å². The summed E-state index contributed by atoms with van der Waals surface area (Å²) in [7, 11) is 0. The molecule has 1 heterocycles. The summed E-state index contributed by atoms with van der Waals surface area (Å²) >= 11 is 0. The van der Waals surface area contributed by atoms with Crippen LogP contribution in [0.3, 0.4) is 0 Å². The molecule has 1 unspecified atom stereocenters. The second kappa shape index (κ2) is 5.68. The summed E-state index contributed by atoms with van der Waals surface area (Å²) in [6.07, 6.45) is 3.45. The summed E-state index contributed by atoms with van der Waals surface area (Å²) in [6.45, 7) is 5.27. The minimum atomic E-state index is -0.838. The summed E-state index contributed by atoms with van der Waals surface area (Å²) in [5, 5.41) is 8.62. The Morgan fingerprint density at radius 3 is 2.75 bits per heavy atom. The monoisotopic (exact) mass is 225 g/mol. The zero-order chi connectivity index (χ0) is 12.1. The highest BCUT2D eigenvalue weighted by molar-refractivity contribution is 5.77. The smallest absolute Gasteiger partial charge is 0.303 e. The quantitative estimate of drug-likeness (QED) is 0.740. The van der Waals surface area contributed by atoms with Crippen molar-refractivity contribution in [2.75, 3.05) is 13.1 Å². The molecule has 1 aliphatic rings. The fourth-order valence-electron chi connectivity index (χ4n) is 1.92. The molecule has 4 heteroatoms. The van der Waals surface area contributed by atoms with Gasteiger partial charge < -0.3 is 10.0 Å². The van der Waals surface area contributed by atoms with E-state index >= 15 is 0 Å². The summed E-state index contributed by atoms with van der Waals surface area (Å²) in [5.74, 6) is -0.854. The lowest BCUT2D eigenvalue weighted by molar-refractivity contribution is -0.138. The van der Waals surface area contributed by atoms with E-state index in [9.17, 15) is 9.59 Å². The number of hydrogen-bond acceptors (Lipinski definition) is 2. The van der Waals surface area contributed by atoms with Crippen LogP contribution < -0.4 is 0 Å². The second-order valence-electron chi connectivity index (χ2n) is 4.56. The lowest BCUT2D eigenvalue weighted by Crippen LogP contribution is -2.36. The van der Waals surface area contributed by atoms with Gasteiger partial charge >= 0.3 is 5.97 Å². The first-order valence-electron chi connectivity index (χ1n) is 5.64. The van der Waals surface area contributed by atoms with Crippen LogP contribution >= 0.6 is 0 Å². The first kappa shape index (κ1) is 12.7. The lowest BCUT2D eigenvalue weighted by atomic mass is 10.0. The van der Waals surface area contributed by atoms with Gasteiger partial charge in [0.05, 0.1) is 0 Å². The molecule has 0 bridgehead atoms. The van der Waals surface area contributed by atoms with E-state index in [0.717, 1.165) is 13.0 Å². The van der Waals surface area contributed by atoms with Gasteiger partial charge in [0, 0.05) is 25.9 Å². The summed E-state index contributed by atoms with van der Waals surface area (Å²) < 4.78 is 0. The molecule has 0 saturated heterocycles. The van der Waals surface area contributed by atoms with Crippen molar-refractivity contribution >= 4 is 11.9 Å². The molecular formula is C12H19NO3. The number of aliphatic carboxylic acids is 1. The molecule has 1 aliphatic heterocycles. The fourth-order valence-corrected chi connectivity index (χ4v) is 1.92. The van der Waals surface area contributed by atoms with Crippen LogP contribution in [-0.2, 0) is 9.59 Å². The molecule has 4 nitrogen and oxygen atoms in total. The standard InChI is InChI=1S/C12H19NO3/c1-9-4-3-5-13(8-9)11(14)6-10(2)7-12(15)16/h4,10H,3,5-8H2,1-2H3,(H,15,16). The van der Waals surface area contributed by atoms with Gasteiger partial charge in [-0.3, -0.25) is 9.59 Å². The van der Waals surface area contributed by atoms with Crippen LogP contribution in [0, 0.1) is 5.92 Å². The highest BCUT2D eigenvalue weighted by atomic mass is 16.4. The van der Waals surface area contributed by atoms with Crippen LogP contribution in [0.4, 0.5) is 0 Å². The van der Waals surface area contributed by atoms with E-state index < -0.39 is 5.97 Å². The van der Waals surface area contributed by atoms with Crippen LogP contribution in [0.2, 0.25) is 0 Å². The zero-order valence-electron chi connectivity index (χ0n) is 9.90. The van der Waals surface area contributed by atoms with E-state index in [4.69, 9.17) is 5.11 Å². The molecule has 0 aromatic rings. The number of carboxylic acids is 1. The van der Waals surface area contributed by atoms with Crippen molar-refractivity contribution in [2.24, 2.45) is 5.92 Å². The van der Waals surface area contributed by atoms with Crippen molar-refractivity contribution in [1.29, 1.82) is 0 Å². The largest absolute Gasteiger partial charge is 0.481 e. The number of hydrogen-bond donors (Lipinski definition) is 1. The predicted molar refractivity (Wildman–Crippen MR) is 61.0 cm³/mol. The Bertz CT molecular complexity index is 309. The first-order valence-corrected chi connectivity index (χ1v) is 5.64. The minimum absolute atomic E-state index is 0.0639. The minimum Gasteiger partial charge on any atom is -0.481 e. The predicted octanol–water partition coefficient (Wildman–Crippen LogP) is 1.67. The van der Waals surface area contributed by atoms with E-state index in [1.165, 1.54) is 5.57 Å². The third-order valence-electron chi connectivity index (χ3n) is 2.73.